The minimum atomic E-state index is -3.46. The first-order valence-corrected chi connectivity index (χ1v) is 9.40. The van der Waals surface area contributed by atoms with Crippen molar-refractivity contribution in [2.45, 2.75) is 19.3 Å². The minimum absolute atomic E-state index is 0. The molecule has 0 bridgehead atoms. The monoisotopic (exact) mass is 377 g/mol. The van der Waals surface area contributed by atoms with Gasteiger partial charge in [0.25, 0.3) is 0 Å². The quantitative estimate of drug-likeness (QED) is 0.840. The first kappa shape index (κ1) is 19.0. The highest BCUT2D eigenvalue weighted by atomic mass is 35.5. The molecule has 6 nitrogen and oxygen atoms in total. The van der Waals surface area contributed by atoms with Crippen molar-refractivity contribution < 1.29 is 17.6 Å². The first-order valence-electron chi connectivity index (χ1n) is 7.79. The van der Waals surface area contributed by atoms with Gasteiger partial charge in [-0.15, -0.1) is 12.4 Å². The number of amides is 1. The number of carbonyl (C=O) groups is 1. The molecular formula is C15H21ClFN3O3S. The lowest BCUT2D eigenvalue weighted by Crippen LogP contribution is -2.34. The summed E-state index contributed by atoms with van der Waals surface area (Å²) in [5, 5.41) is 5.97. The molecule has 2 fully saturated rings. The van der Waals surface area contributed by atoms with E-state index in [2.05, 4.69) is 10.6 Å². The predicted molar refractivity (Wildman–Crippen MR) is 93.6 cm³/mol. The van der Waals surface area contributed by atoms with Crippen molar-refractivity contribution in [3.63, 3.8) is 0 Å². The molecule has 1 aromatic rings. The Bertz CT molecular complexity index is 708. The molecule has 0 saturated carbocycles. The van der Waals surface area contributed by atoms with Gasteiger partial charge in [0.1, 0.15) is 5.82 Å². The molecule has 134 valence electrons. The molecule has 0 unspecified atom stereocenters. The van der Waals surface area contributed by atoms with E-state index in [4.69, 9.17) is 0 Å². The summed E-state index contributed by atoms with van der Waals surface area (Å²) in [5.41, 5.74) is 0.428. The van der Waals surface area contributed by atoms with Crippen LogP contribution in [0.5, 0.6) is 0 Å². The normalized spacial score (nSPS) is 20.5. The zero-order chi connectivity index (χ0) is 16.4. The zero-order valence-corrected chi connectivity index (χ0v) is 14.8. The minimum Gasteiger partial charge on any atom is -0.326 e. The molecule has 24 heavy (non-hydrogen) atoms. The van der Waals surface area contributed by atoms with E-state index in [1.54, 1.807) is 0 Å². The van der Waals surface area contributed by atoms with Gasteiger partial charge >= 0.3 is 0 Å². The highest BCUT2D eigenvalue weighted by Gasteiger charge is 2.30. The summed E-state index contributed by atoms with van der Waals surface area (Å²) in [7, 11) is -3.46. The van der Waals surface area contributed by atoms with Gasteiger partial charge in [0.05, 0.1) is 11.4 Å². The van der Waals surface area contributed by atoms with Crippen LogP contribution in [-0.4, -0.2) is 39.7 Å². The molecule has 3 rings (SSSR count). The van der Waals surface area contributed by atoms with Crippen LogP contribution >= 0.6 is 12.4 Å². The van der Waals surface area contributed by atoms with Gasteiger partial charge in [0.15, 0.2) is 0 Å². The number of anilines is 2. The Kier molecular flexibility index (Phi) is 6.06. The molecule has 0 radical (unpaired) electrons. The SMILES string of the molecule is Cl.O=C(Nc1ccc(F)c(N2CCCS2(=O)=O)c1)C1CCNCC1. The van der Waals surface area contributed by atoms with Gasteiger partial charge in [-0.25, -0.2) is 12.8 Å². The Balaban J connectivity index is 0.00000208. The molecule has 9 heteroatoms. The molecule has 1 aromatic carbocycles. The molecule has 0 spiro atoms. The van der Waals surface area contributed by atoms with Crippen LogP contribution in [0, 0.1) is 11.7 Å². The Morgan fingerprint density at radius 1 is 1.29 bits per heavy atom. The average molecular weight is 378 g/mol. The number of rotatable bonds is 3. The Morgan fingerprint density at radius 2 is 2.00 bits per heavy atom. The number of piperidine rings is 1. The third-order valence-electron chi connectivity index (χ3n) is 4.29. The predicted octanol–water partition coefficient (Wildman–Crippen LogP) is 1.73. The van der Waals surface area contributed by atoms with E-state index in [1.165, 1.54) is 18.2 Å². The molecular weight excluding hydrogens is 357 g/mol. The third kappa shape index (κ3) is 3.99. The summed E-state index contributed by atoms with van der Waals surface area (Å²) in [6.07, 6.45) is 2.01. The number of halogens is 2. The van der Waals surface area contributed by atoms with Crippen molar-refractivity contribution in [3.8, 4) is 0 Å². The van der Waals surface area contributed by atoms with E-state index < -0.39 is 15.8 Å². The fourth-order valence-electron chi connectivity index (χ4n) is 3.02. The second-order valence-electron chi connectivity index (χ2n) is 5.92. The van der Waals surface area contributed by atoms with Gasteiger partial charge in [-0.1, -0.05) is 0 Å². The highest BCUT2D eigenvalue weighted by molar-refractivity contribution is 7.93. The lowest BCUT2D eigenvalue weighted by atomic mass is 9.97. The van der Waals surface area contributed by atoms with Crippen LogP contribution in [0.3, 0.4) is 0 Å². The van der Waals surface area contributed by atoms with Gasteiger partial charge < -0.3 is 10.6 Å². The van der Waals surface area contributed by atoms with Gasteiger partial charge in [-0.3, -0.25) is 9.10 Å². The number of nitrogens with zero attached hydrogens (tertiary/aromatic N) is 1. The van der Waals surface area contributed by atoms with Crippen LogP contribution in [0.15, 0.2) is 18.2 Å². The zero-order valence-electron chi connectivity index (χ0n) is 13.1. The third-order valence-corrected chi connectivity index (χ3v) is 6.15. The molecule has 1 amide bonds. The highest BCUT2D eigenvalue weighted by Crippen LogP contribution is 2.29. The Morgan fingerprint density at radius 3 is 2.62 bits per heavy atom. The molecule has 2 heterocycles. The standard InChI is InChI=1S/C15H20FN3O3S.ClH/c16-13-3-2-12(18-15(20)11-4-6-17-7-5-11)10-14(13)19-8-1-9-23(19,21)22;/h2-3,10-11,17H,1,4-9H2,(H,18,20);1H. The van der Waals surface area contributed by atoms with Gasteiger partial charge in [-0.2, -0.15) is 0 Å². The van der Waals surface area contributed by atoms with E-state index in [9.17, 15) is 17.6 Å². The van der Waals surface area contributed by atoms with Crippen molar-refractivity contribution in [1.29, 1.82) is 0 Å². The lowest BCUT2D eigenvalue weighted by molar-refractivity contribution is -0.120. The summed E-state index contributed by atoms with van der Waals surface area (Å²) in [5.74, 6) is -0.748. The van der Waals surface area contributed by atoms with Gasteiger partial charge in [-0.05, 0) is 50.6 Å². The summed E-state index contributed by atoms with van der Waals surface area (Å²) in [6.45, 7) is 1.88. The topological polar surface area (TPSA) is 78.5 Å². The van der Waals surface area contributed by atoms with Crippen LogP contribution in [0.25, 0.3) is 0 Å². The van der Waals surface area contributed by atoms with Gasteiger partial charge in [0.2, 0.25) is 15.9 Å². The molecule has 2 aliphatic rings. The molecule has 2 aliphatic heterocycles. The average Bonchev–Trinajstić information content (AvgIpc) is 2.89. The number of sulfonamides is 1. The van der Waals surface area contributed by atoms with E-state index in [0.29, 0.717) is 12.1 Å². The second-order valence-corrected chi connectivity index (χ2v) is 7.93. The largest absolute Gasteiger partial charge is 0.326 e. The number of hydrogen-bond donors (Lipinski definition) is 2. The maximum Gasteiger partial charge on any atom is 0.235 e. The van der Waals surface area contributed by atoms with E-state index >= 15 is 0 Å². The second kappa shape index (κ2) is 7.67. The first-order chi connectivity index (χ1) is 11.0. The molecule has 0 atom stereocenters. The maximum absolute atomic E-state index is 14.0. The number of nitrogens with one attached hydrogen (secondary N) is 2. The van der Waals surface area contributed by atoms with Crippen molar-refractivity contribution in [3.05, 3.63) is 24.0 Å². The fraction of sp³-hybridized carbons (Fsp3) is 0.533. The van der Waals surface area contributed by atoms with Crippen molar-refractivity contribution in [2.24, 2.45) is 5.92 Å². The maximum atomic E-state index is 14.0. The van der Waals surface area contributed by atoms with Crippen LogP contribution in [-0.2, 0) is 14.8 Å². The Labute approximate surface area is 147 Å². The van der Waals surface area contributed by atoms with Crippen LogP contribution < -0.4 is 14.9 Å². The van der Waals surface area contributed by atoms with Crippen molar-refractivity contribution in [1.82, 2.24) is 5.32 Å². The summed E-state index contributed by atoms with van der Waals surface area (Å²) in [6, 6.07) is 4.05. The molecule has 0 aromatic heterocycles. The molecule has 0 aliphatic carbocycles. The Hall–Kier alpha value is -1.38. The smallest absolute Gasteiger partial charge is 0.235 e. The van der Waals surface area contributed by atoms with E-state index in [1.807, 2.05) is 0 Å². The van der Waals surface area contributed by atoms with Crippen LogP contribution in [0.4, 0.5) is 15.8 Å². The number of hydrogen-bond acceptors (Lipinski definition) is 4. The summed E-state index contributed by atoms with van der Waals surface area (Å²) < 4.78 is 39.0. The lowest BCUT2D eigenvalue weighted by Gasteiger charge is -2.22. The number of carbonyl (C=O) groups excluding carboxylic acids is 1. The van der Waals surface area contributed by atoms with E-state index in [-0.39, 0.29) is 42.2 Å². The molecule has 2 saturated heterocycles. The summed E-state index contributed by atoms with van der Waals surface area (Å²) >= 11 is 0. The van der Waals surface area contributed by atoms with Crippen molar-refractivity contribution in [2.75, 3.05) is 35.0 Å². The van der Waals surface area contributed by atoms with Crippen LogP contribution in [0.2, 0.25) is 0 Å². The van der Waals surface area contributed by atoms with Crippen molar-refractivity contribution >= 4 is 39.7 Å². The van der Waals surface area contributed by atoms with Crippen LogP contribution in [0.1, 0.15) is 19.3 Å². The van der Waals surface area contributed by atoms with E-state index in [0.717, 1.165) is 30.2 Å². The fourth-order valence-corrected chi connectivity index (χ4v) is 4.58. The molecule has 2 N–H and O–H groups in total. The summed E-state index contributed by atoms with van der Waals surface area (Å²) in [4.78, 5) is 12.2. The van der Waals surface area contributed by atoms with Gasteiger partial charge in [0, 0.05) is 18.2 Å². The number of benzene rings is 1.